The molecule has 0 aliphatic carbocycles. The molecule has 0 aromatic heterocycles. The second-order valence-electron chi connectivity index (χ2n) is 5.66. The lowest BCUT2D eigenvalue weighted by atomic mass is 10.1. The van der Waals surface area contributed by atoms with Gasteiger partial charge in [-0.15, -0.1) is 0 Å². The van der Waals surface area contributed by atoms with Gasteiger partial charge in [0, 0.05) is 12.7 Å². The third kappa shape index (κ3) is 6.96. The summed E-state index contributed by atoms with van der Waals surface area (Å²) >= 11 is 0. The van der Waals surface area contributed by atoms with E-state index in [4.69, 9.17) is 5.53 Å². The van der Waals surface area contributed by atoms with Crippen molar-refractivity contribution in [1.82, 2.24) is 5.32 Å². The SMILES string of the molecule is CS(=O)(=O)[C@@H](Cc1ccccc1)C(=O)N[C@@H](CCC(=O)C=[N+]=[N-])C(=O)O. The Hall–Kier alpha value is -2.84. The van der Waals surface area contributed by atoms with Crippen molar-refractivity contribution in [2.45, 2.75) is 30.6 Å². The number of amides is 1. The molecule has 0 spiro atoms. The van der Waals surface area contributed by atoms with Crippen molar-refractivity contribution in [3.63, 3.8) is 0 Å². The fourth-order valence-corrected chi connectivity index (χ4v) is 3.16. The molecular formula is C16H19N3O6S. The maximum Gasteiger partial charge on any atom is 0.326 e. The number of aliphatic carboxylic acids is 1. The van der Waals surface area contributed by atoms with Crippen LogP contribution in [0.3, 0.4) is 0 Å². The van der Waals surface area contributed by atoms with Gasteiger partial charge in [-0.2, -0.15) is 4.79 Å². The number of rotatable bonds is 10. The predicted octanol–water partition coefficient (Wildman–Crippen LogP) is -0.138. The van der Waals surface area contributed by atoms with Gasteiger partial charge in [-0.25, -0.2) is 13.2 Å². The zero-order chi connectivity index (χ0) is 19.7. The first-order chi connectivity index (χ1) is 12.1. The summed E-state index contributed by atoms with van der Waals surface area (Å²) in [6.45, 7) is 0. The van der Waals surface area contributed by atoms with Crippen molar-refractivity contribution in [2.24, 2.45) is 0 Å². The van der Waals surface area contributed by atoms with Crippen molar-refractivity contribution in [1.29, 1.82) is 0 Å². The molecular weight excluding hydrogens is 362 g/mol. The third-order valence-electron chi connectivity index (χ3n) is 3.57. The van der Waals surface area contributed by atoms with E-state index in [9.17, 15) is 27.9 Å². The van der Waals surface area contributed by atoms with Crippen LogP contribution in [0.15, 0.2) is 30.3 Å². The Labute approximate surface area is 150 Å². The average Bonchev–Trinajstić information content (AvgIpc) is 2.56. The molecule has 0 aliphatic rings. The Bertz CT molecular complexity index is 816. The average molecular weight is 381 g/mol. The number of ketones is 1. The molecule has 0 saturated carbocycles. The number of carbonyl (C=O) groups is 3. The van der Waals surface area contributed by atoms with Crippen LogP contribution < -0.4 is 5.32 Å². The van der Waals surface area contributed by atoms with Crippen LogP contribution in [0.25, 0.3) is 5.53 Å². The van der Waals surface area contributed by atoms with Crippen LogP contribution in [-0.4, -0.2) is 59.7 Å². The molecule has 0 fully saturated rings. The zero-order valence-electron chi connectivity index (χ0n) is 14.0. The van der Waals surface area contributed by atoms with E-state index in [1.54, 1.807) is 30.3 Å². The number of hydrogen-bond donors (Lipinski definition) is 2. The highest BCUT2D eigenvalue weighted by Gasteiger charge is 2.32. The molecule has 1 amide bonds. The Balaban J connectivity index is 2.90. The number of nitrogens with zero attached hydrogens (tertiary/aromatic N) is 2. The molecule has 0 radical (unpaired) electrons. The van der Waals surface area contributed by atoms with Gasteiger partial charge in [0.05, 0.1) is 0 Å². The van der Waals surface area contributed by atoms with Gasteiger partial charge >= 0.3 is 12.2 Å². The Morgan fingerprint density at radius 2 is 1.88 bits per heavy atom. The molecule has 1 rings (SSSR count). The van der Waals surface area contributed by atoms with Crippen molar-refractivity contribution >= 4 is 33.7 Å². The van der Waals surface area contributed by atoms with E-state index in [-0.39, 0.29) is 19.3 Å². The molecule has 26 heavy (non-hydrogen) atoms. The zero-order valence-corrected chi connectivity index (χ0v) is 14.8. The summed E-state index contributed by atoms with van der Waals surface area (Å²) < 4.78 is 23.9. The number of benzene rings is 1. The van der Waals surface area contributed by atoms with Gasteiger partial charge < -0.3 is 16.0 Å². The summed E-state index contributed by atoms with van der Waals surface area (Å²) in [5.74, 6) is -2.98. The van der Waals surface area contributed by atoms with Crippen molar-refractivity contribution < 1.29 is 32.7 Å². The van der Waals surface area contributed by atoms with Crippen LogP contribution in [0.5, 0.6) is 0 Å². The lowest BCUT2D eigenvalue weighted by Gasteiger charge is -2.19. The number of sulfone groups is 1. The number of carboxylic acid groups (broad SMARTS) is 1. The number of carbonyl (C=O) groups excluding carboxylic acids is 2. The van der Waals surface area contributed by atoms with Gasteiger partial charge in [-0.3, -0.25) is 9.59 Å². The highest BCUT2D eigenvalue weighted by atomic mass is 32.2. The van der Waals surface area contributed by atoms with Gasteiger partial charge in [-0.05, 0) is 18.4 Å². The van der Waals surface area contributed by atoms with Gasteiger partial charge in [0.15, 0.2) is 9.84 Å². The van der Waals surface area contributed by atoms with E-state index in [2.05, 4.69) is 10.1 Å². The molecule has 140 valence electrons. The number of carboxylic acids is 1. The minimum Gasteiger partial charge on any atom is -0.480 e. The number of Topliss-reactive ketones (excluding diaryl/α,β-unsaturated/α-hetero) is 1. The maximum atomic E-state index is 12.4. The van der Waals surface area contributed by atoms with Crippen LogP contribution in [-0.2, 0) is 30.6 Å². The fourth-order valence-electron chi connectivity index (χ4n) is 2.20. The van der Waals surface area contributed by atoms with Crippen molar-refractivity contribution in [3.05, 3.63) is 41.4 Å². The molecule has 0 saturated heterocycles. The second-order valence-corrected chi connectivity index (χ2v) is 7.88. The molecule has 0 unspecified atom stereocenters. The molecule has 2 atom stereocenters. The maximum absolute atomic E-state index is 12.4. The summed E-state index contributed by atoms with van der Waals surface area (Å²) in [5.41, 5.74) is 8.87. The van der Waals surface area contributed by atoms with Gasteiger partial charge in [0.1, 0.15) is 11.3 Å². The summed E-state index contributed by atoms with van der Waals surface area (Å²) in [6, 6.07) is 7.01. The summed E-state index contributed by atoms with van der Waals surface area (Å²) in [4.78, 5) is 37.5. The Morgan fingerprint density at radius 1 is 1.27 bits per heavy atom. The molecule has 2 N–H and O–H groups in total. The standard InChI is InChI=1S/C16H19N3O6S/c1-26(24,25)14(9-11-5-3-2-4-6-11)15(21)19-13(16(22)23)8-7-12(20)10-18-17/h2-6,10,13-14H,7-9H2,1H3,(H,19,21)(H,22,23)/t13-,14-/m0/s1. The smallest absolute Gasteiger partial charge is 0.326 e. The minimum absolute atomic E-state index is 0.103. The van der Waals surface area contributed by atoms with Crippen LogP contribution in [0.2, 0.25) is 0 Å². The highest BCUT2D eigenvalue weighted by molar-refractivity contribution is 7.92. The third-order valence-corrected chi connectivity index (χ3v) is 4.98. The Kier molecular flexibility index (Phi) is 7.82. The van der Waals surface area contributed by atoms with Crippen LogP contribution in [0.1, 0.15) is 18.4 Å². The molecule has 9 nitrogen and oxygen atoms in total. The molecule has 0 aliphatic heterocycles. The molecule has 0 bridgehead atoms. The minimum atomic E-state index is -3.80. The van der Waals surface area contributed by atoms with E-state index < -0.39 is 38.8 Å². The van der Waals surface area contributed by atoms with E-state index in [0.717, 1.165) is 6.26 Å². The topological polar surface area (TPSA) is 154 Å². The van der Waals surface area contributed by atoms with E-state index in [1.807, 2.05) is 0 Å². The first kappa shape index (κ1) is 21.2. The van der Waals surface area contributed by atoms with E-state index >= 15 is 0 Å². The van der Waals surface area contributed by atoms with Crippen LogP contribution in [0.4, 0.5) is 0 Å². The molecule has 1 aromatic carbocycles. The lowest BCUT2D eigenvalue weighted by molar-refractivity contribution is -0.142. The largest absolute Gasteiger partial charge is 0.480 e. The van der Waals surface area contributed by atoms with Gasteiger partial charge in [0.2, 0.25) is 11.7 Å². The highest BCUT2D eigenvalue weighted by Crippen LogP contribution is 2.11. The molecule has 10 heteroatoms. The summed E-state index contributed by atoms with van der Waals surface area (Å²) in [6.07, 6.45) is 0.859. The monoisotopic (exact) mass is 381 g/mol. The second kappa shape index (κ2) is 9.59. The summed E-state index contributed by atoms with van der Waals surface area (Å²) in [7, 11) is -3.80. The van der Waals surface area contributed by atoms with Crippen molar-refractivity contribution in [3.8, 4) is 0 Å². The van der Waals surface area contributed by atoms with E-state index in [1.165, 1.54) is 0 Å². The van der Waals surface area contributed by atoms with Crippen LogP contribution in [0, 0.1) is 0 Å². The predicted molar refractivity (Wildman–Crippen MR) is 92.3 cm³/mol. The molecule has 0 heterocycles. The summed E-state index contributed by atoms with van der Waals surface area (Å²) in [5, 5.41) is 9.89. The molecule has 1 aromatic rings. The fraction of sp³-hybridized carbons (Fsp3) is 0.375. The quantitative estimate of drug-likeness (QED) is 0.327. The van der Waals surface area contributed by atoms with Gasteiger partial charge in [0.25, 0.3) is 0 Å². The first-order valence-corrected chi connectivity index (χ1v) is 9.57. The van der Waals surface area contributed by atoms with E-state index in [0.29, 0.717) is 11.8 Å². The Morgan fingerprint density at radius 3 is 2.38 bits per heavy atom. The first-order valence-electron chi connectivity index (χ1n) is 7.61. The normalized spacial score (nSPS) is 13.1. The van der Waals surface area contributed by atoms with Crippen LogP contribution >= 0.6 is 0 Å². The lowest BCUT2D eigenvalue weighted by Crippen LogP contribution is -2.48. The van der Waals surface area contributed by atoms with Crippen molar-refractivity contribution in [2.75, 3.05) is 6.26 Å². The van der Waals surface area contributed by atoms with Gasteiger partial charge in [-0.1, -0.05) is 30.3 Å². The number of hydrogen-bond acceptors (Lipinski definition) is 5. The number of nitrogens with one attached hydrogen (secondary N) is 1.